The van der Waals surface area contributed by atoms with Crippen LogP contribution in [0.1, 0.15) is 22.3 Å². The molecule has 0 bridgehead atoms. The minimum atomic E-state index is -5.72. The maximum absolute atomic E-state index is 15.4. The van der Waals surface area contributed by atoms with Gasteiger partial charge in [0.25, 0.3) is 0 Å². The molecule has 6 aromatic rings. The molecule has 0 fully saturated rings. The van der Waals surface area contributed by atoms with E-state index in [-0.39, 0.29) is 33.4 Å². The van der Waals surface area contributed by atoms with Crippen molar-refractivity contribution in [2.24, 2.45) is 0 Å². The minimum Gasteiger partial charge on any atom is -0.166 e. The first kappa shape index (κ1) is 39.0. The highest BCUT2D eigenvalue weighted by molar-refractivity contribution is 7.80. The van der Waals surface area contributed by atoms with E-state index in [0.717, 1.165) is 0 Å². The molecule has 0 amide bonds. The Morgan fingerprint density at radius 1 is 0.296 bits per heavy atom. The molecule has 0 nitrogen and oxygen atoms in total. The molecule has 0 heterocycles. The van der Waals surface area contributed by atoms with Crippen LogP contribution in [-0.4, -0.2) is 0 Å². The predicted molar refractivity (Wildman–Crippen MR) is 189 cm³/mol. The molecule has 54 heavy (non-hydrogen) atoms. The Bertz CT molecular complexity index is 1970. The fourth-order valence-electron chi connectivity index (χ4n) is 6.07. The summed E-state index contributed by atoms with van der Waals surface area (Å²) in [5.41, 5.74) is -10.3. The molecular formula is C40H24F12P2. The summed E-state index contributed by atoms with van der Waals surface area (Å²) in [6.07, 6.45) is -22.2. The number of alkyl halides is 12. The quantitative estimate of drug-likeness (QED) is 0.112. The van der Waals surface area contributed by atoms with Crippen LogP contribution in [-0.2, 0) is 24.7 Å². The minimum absolute atomic E-state index is 0.183. The van der Waals surface area contributed by atoms with Crippen molar-refractivity contribution >= 4 is 47.7 Å². The monoisotopic (exact) mass is 794 g/mol. The van der Waals surface area contributed by atoms with Gasteiger partial charge in [0.2, 0.25) is 0 Å². The van der Waals surface area contributed by atoms with E-state index in [4.69, 9.17) is 0 Å². The van der Waals surface area contributed by atoms with Crippen LogP contribution in [0.3, 0.4) is 0 Å². The lowest BCUT2D eigenvalue weighted by molar-refractivity contribution is -0.145. The molecule has 0 N–H and O–H groups in total. The van der Waals surface area contributed by atoms with Gasteiger partial charge in [-0.2, -0.15) is 52.7 Å². The Morgan fingerprint density at radius 2 is 0.537 bits per heavy atom. The lowest BCUT2D eigenvalue weighted by Gasteiger charge is -2.31. The second kappa shape index (κ2) is 14.9. The SMILES string of the molecule is FC(F)(F)c1cc(P(c2ccccc2)c2ccccc2)c(-c2c(P(c3ccccc3)c3ccccc3)cc(C(F)(F)F)cc2C(F)(F)F)c(C(F)(F)F)c1. The zero-order valence-electron chi connectivity index (χ0n) is 27.3. The zero-order chi connectivity index (χ0) is 39.1. The molecule has 278 valence electrons. The molecule has 6 aromatic carbocycles. The largest absolute Gasteiger partial charge is 0.417 e. The van der Waals surface area contributed by atoms with Crippen molar-refractivity contribution in [1.29, 1.82) is 0 Å². The summed E-state index contributed by atoms with van der Waals surface area (Å²) in [6.45, 7) is 0. The van der Waals surface area contributed by atoms with Gasteiger partial charge in [-0.15, -0.1) is 0 Å². The molecule has 0 aliphatic rings. The van der Waals surface area contributed by atoms with Gasteiger partial charge in [-0.05, 0) is 71.9 Å². The van der Waals surface area contributed by atoms with E-state index in [0.29, 0.717) is 12.1 Å². The zero-order valence-corrected chi connectivity index (χ0v) is 29.1. The summed E-state index contributed by atoms with van der Waals surface area (Å²) in [5.74, 6) is 0. The maximum atomic E-state index is 15.4. The van der Waals surface area contributed by atoms with Gasteiger partial charge in [-0.25, -0.2) is 0 Å². The lowest BCUT2D eigenvalue weighted by atomic mass is 9.91. The molecular weight excluding hydrogens is 770 g/mol. The van der Waals surface area contributed by atoms with Crippen LogP contribution in [0.2, 0.25) is 0 Å². The Labute approximate surface area is 303 Å². The number of halogens is 12. The Kier molecular flexibility index (Phi) is 10.8. The van der Waals surface area contributed by atoms with Crippen molar-refractivity contribution in [3.63, 3.8) is 0 Å². The third-order valence-electron chi connectivity index (χ3n) is 8.29. The van der Waals surface area contributed by atoms with Gasteiger partial charge >= 0.3 is 24.7 Å². The number of hydrogen-bond acceptors (Lipinski definition) is 0. The smallest absolute Gasteiger partial charge is 0.166 e. The fraction of sp³-hybridized carbons (Fsp3) is 0.100. The molecule has 0 aliphatic carbocycles. The molecule has 0 unspecified atom stereocenters. The van der Waals surface area contributed by atoms with E-state index in [1.165, 1.54) is 97.1 Å². The van der Waals surface area contributed by atoms with Gasteiger partial charge in [0.05, 0.1) is 22.3 Å². The second-order valence-electron chi connectivity index (χ2n) is 11.8. The van der Waals surface area contributed by atoms with Gasteiger partial charge < -0.3 is 0 Å². The van der Waals surface area contributed by atoms with Crippen molar-refractivity contribution in [2.45, 2.75) is 24.7 Å². The average Bonchev–Trinajstić information content (AvgIpc) is 3.12. The average molecular weight is 795 g/mol. The molecule has 0 aromatic heterocycles. The van der Waals surface area contributed by atoms with E-state index in [1.54, 1.807) is 24.3 Å². The lowest BCUT2D eigenvalue weighted by Crippen LogP contribution is -2.31. The molecule has 0 atom stereocenters. The first-order valence-electron chi connectivity index (χ1n) is 15.8. The van der Waals surface area contributed by atoms with Crippen molar-refractivity contribution in [1.82, 2.24) is 0 Å². The van der Waals surface area contributed by atoms with E-state index in [2.05, 4.69) is 0 Å². The Hall–Kier alpha value is -4.66. The molecule has 14 heteroatoms. The molecule has 6 rings (SSSR count). The summed E-state index contributed by atoms with van der Waals surface area (Å²) in [5, 5.41) is -0.810. The number of hydrogen-bond donors (Lipinski definition) is 0. The van der Waals surface area contributed by atoms with E-state index >= 15 is 26.3 Å². The summed E-state index contributed by atoms with van der Waals surface area (Å²) in [7, 11) is -5.04. The summed E-state index contributed by atoms with van der Waals surface area (Å²) < 4.78 is 180. The van der Waals surface area contributed by atoms with Crippen molar-refractivity contribution in [3.05, 3.63) is 168 Å². The molecule has 0 radical (unpaired) electrons. The highest BCUT2D eigenvalue weighted by Gasteiger charge is 2.46. The predicted octanol–water partition coefficient (Wildman–Crippen LogP) is 10.9. The van der Waals surface area contributed by atoms with E-state index in [1.807, 2.05) is 0 Å². The van der Waals surface area contributed by atoms with Gasteiger partial charge in [-0.3, -0.25) is 0 Å². The van der Waals surface area contributed by atoms with Gasteiger partial charge in [0, 0.05) is 11.1 Å². The van der Waals surface area contributed by atoms with Crippen LogP contribution >= 0.6 is 15.8 Å². The highest BCUT2D eigenvalue weighted by Crippen LogP contribution is 2.51. The molecule has 0 saturated carbocycles. The first-order valence-corrected chi connectivity index (χ1v) is 18.5. The standard InChI is InChI=1S/C40H24F12P2/c41-37(42,43)25-21-31(39(47,48)49)35(33(23-25)53(27-13-5-1-6-14-27)28-15-7-2-8-16-28)36-32(40(50,51)52)22-26(38(44,45)46)24-34(36)54(29-17-9-3-10-18-29)30-19-11-4-12-20-30/h1-24H. The van der Waals surface area contributed by atoms with E-state index < -0.39 is 84.5 Å². The van der Waals surface area contributed by atoms with Crippen LogP contribution < -0.4 is 31.8 Å². The fourth-order valence-corrected chi connectivity index (χ4v) is 11.1. The van der Waals surface area contributed by atoms with Crippen LogP contribution in [0.5, 0.6) is 0 Å². The molecule has 0 aliphatic heterocycles. The van der Waals surface area contributed by atoms with Crippen LogP contribution in [0, 0.1) is 0 Å². The Balaban J connectivity index is 1.92. The van der Waals surface area contributed by atoms with Crippen LogP contribution in [0.25, 0.3) is 11.1 Å². The van der Waals surface area contributed by atoms with Gasteiger partial charge in [0.1, 0.15) is 0 Å². The van der Waals surface area contributed by atoms with E-state index in [9.17, 15) is 26.3 Å². The Morgan fingerprint density at radius 3 is 0.741 bits per heavy atom. The third-order valence-corrected chi connectivity index (χ3v) is 13.2. The summed E-state index contributed by atoms with van der Waals surface area (Å²) >= 11 is 0. The third kappa shape index (κ3) is 8.20. The van der Waals surface area contributed by atoms with Gasteiger partial charge in [0.15, 0.2) is 0 Å². The summed E-state index contributed by atoms with van der Waals surface area (Å²) in [6, 6.07) is 29.6. The summed E-state index contributed by atoms with van der Waals surface area (Å²) in [4.78, 5) is 0. The van der Waals surface area contributed by atoms with Crippen molar-refractivity contribution < 1.29 is 52.7 Å². The van der Waals surface area contributed by atoms with Crippen molar-refractivity contribution in [3.8, 4) is 11.1 Å². The van der Waals surface area contributed by atoms with Crippen molar-refractivity contribution in [2.75, 3.05) is 0 Å². The highest BCUT2D eigenvalue weighted by atomic mass is 31.1. The molecule has 0 saturated heterocycles. The van der Waals surface area contributed by atoms with Crippen LogP contribution in [0.4, 0.5) is 52.7 Å². The number of benzene rings is 6. The second-order valence-corrected chi connectivity index (χ2v) is 16.2. The number of rotatable bonds is 7. The normalized spacial score (nSPS) is 12.8. The molecule has 0 spiro atoms. The van der Waals surface area contributed by atoms with Crippen LogP contribution in [0.15, 0.2) is 146 Å². The first-order chi connectivity index (χ1) is 25.4. The van der Waals surface area contributed by atoms with Gasteiger partial charge in [-0.1, -0.05) is 121 Å². The topological polar surface area (TPSA) is 0 Å². The maximum Gasteiger partial charge on any atom is 0.417 e.